The lowest BCUT2D eigenvalue weighted by molar-refractivity contribution is 0.181. The summed E-state index contributed by atoms with van der Waals surface area (Å²) in [4.78, 5) is 4.48. The summed E-state index contributed by atoms with van der Waals surface area (Å²) in [7, 11) is 0. The molecule has 0 aliphatic rings. The summed E-state index contributed by atoms with van der Waals surface area (Å²) < 4.78 is 0. The molecule has 0 bridgehead atoms. The third-order valence-corrected chi connectivity index (χ3v) is 2.76. The van der Waals surface area contributed by atoms with Crippen LogP contribution in [0.3, 0.4) is 0 Å². The minimum Gasteiger partial charge on any atom is -0.412 e. The van der Waals surface area contributed by atoms with Gasteiger partial charge in [-0.25, -0.2) is 0 Å². The molecule has 0 radical (unpaired) electrons. The predicted octanol–water partition coefficient (Wildman–Crippen LogP) is -0.816. The first kappa shape index (κ1) is 19.7. The quantitative estimate of drug-likeness (QED) is 0.476. The molecule has 0 heterocycles. The Morgan fingerprint density at radius 1 is 0.944 bits per heavy atom. The molecular weight excluding hydrogens is 232 g/mol. The molecule has 5 nitrogen and oxygen atoms in total. The first-order chi connectivity index (χ1) is 8.28. The Morgan fingerprint density at radius 2 is 1.44 bits per heavy atom. The van der Waals surface area contributed by atoms with Crippen molar-refractivity contribution >= 4 is 0 Å². The Hall–Kier alpha value is -0.640. The second kappa shape index (κ2) is 14.4. The van der Waals surface area contributed by atoms with E-state index < -0.39 is 0 Å². The SMILES string of the molecule is C#CCN(CC)CCN(CCCO)CCCO.O. The number of terminal acetylenes is 1. The number of hydrogen-bond acceptors (Lipinski definition) is 4. The Labute approximate surface area is 111 Å². The van der Waals surface area contributed by atoms with E-state index in [2.05, 4.69) is 22.6 Å². The van der Waals surface area contributed by atoms with Crippen molar-refractivity contribution < 1.29 is 15.7 Å². The Morgan fingerprint density at radius 3 is 1.83 bits per heavy atom. The van der Waals surface area contributed by atoms with Crippen LogP contribution in [0.4, 0.5) is 0 Å². The molecule has 0 rings (SSSR count). The smallest absolute Gasteiger partial charge is 0.0599 e. The third-order valence-electron chi connectivity index (χ3n) is 2.76. The molecule has 0 aromatic rings. The number of aliphatic hydroxyl groups is 2. The van der Waals surface area contributed by atoms with Crippen molar-refractivity contribution in [3.05, 3.63) is 0 Å². The van der Waals surface area contributed by atoms with Crippen molar-refractivity contribution in [3.63, 3.8) is 0 Å². The van der Waals surface area contributed by atoms with Gasteiger partial charge in [0, 0.05) is 39.4 Å². The van der Waals surface area contributed by atoms with Crippen LogP contribution in [0.25, 0.3) is 0 Å². The third kappa shape index (κ3) is 10.5. The number of aliphatic hydroxyl groups excluding tert-OH is 2. The van der Waals surface area contributed by atoms with Gasteiger partial charge in [0.1, 0.15) is 0 Å². The highest BCUT2D eigenvalue weighted by molar-refractivity contribution is 4.88. The van der Waals surface area contributed by atoms with Crippen LogP contribution in [0.2, 0.25) is 0 Å². The van der Waals surface area contributed by atoms with E-state index in [1.807, 2.05) is 0 Å². The number of likely N-dealkylation sites (N-methyl/N-ethyl adjacent to an activating group) is 1. The molecule has 4 N–H and O–H groups in total. The van der Waals surface area contributed by atoms with Crippen LogP contribution in [0.15, 0.2) is 0 Å². The van der Waals surface area contributed by atoms with Gasteiger partial charge in [0.15, 0.2) is 0 Å². The highest BCUT2D eigenvalue weighted by Crippen LogP contribution is 1.96. The molecule has 0 saturated carbocycles. The van der Waals surface area contributed by atoms with E-state index in [1.165, 1.54) is 0 Å². The van der Waals surface area contributed by atoms with Crippen molar-refractivity contribution in [2.45, 2.75) is 19.8 Å². The Kier molecular flexibility index (Phi) is 15.8. The lowest BCUT2D eigenvalue weighted by atomic mass is 10.3. The first-order valence-electron chi connectivity index (χ1n) is 6.38. The summed E-state index contributed by atoms with van der Waals surface area (Å²) >= 11 is 0. The van der Waals surface area contributed by atoms with Crippen molar-refractivity contribution in [1.82, 2.24) is 9.80 Å². The maximum atomic E-state index is 8.84. The summed E-state index contributed by atoms with van der Waals surface area (Å²) in [5.41, 5.74) is 0. The van der Waals surface area contributed by atoms with Gasteiger partial charge in [0.25, 0.3) is 0 Å². The molecule has 108 valence electrons. The molecule has 0 atom stereocenters. The summed E-state index contributed by atoms with van der Waals surface area (Å²) in [6, 6.07) is 0. The topological polar surface area (TPSA) is 78.4 Å². The molecule has 0 spiro atoms. The summed E-state index contributed by atoms with van der Waals surface area (Å²) in [5.74, 6) is 2.66. The Bertz CT molecular complexity index is 199. The van der Waals surface area contributed by atoms with E-state index in [4.69, 9.17) is 16.6 Å². The van der Waals surface area contributed by atoms with E-state index >= 15 is 0 Å². The van der Waals surface area contributed by atoms with Crippen LogP contribution in [0, 0.1) is 12.3 Å². The van der Waals surface area contributed by atoms with Gasteiger partial charge in [-0.2, -0.15) is 0 Å². The molecule has 5 heteroatoms. The monoisotopic (exact) mass is 260 g/mol. The second-order valence-corrected chi connectivity index (χ2v) is 4.07. The van der Waals surface area contributed by atoms with Gasteiger partial charge in [-0.15, -0.1) is 6.42 Å². The summed E-state index contributed by atoms with van der Waals surface area (Å²) in [6.07, 6.45) is 6.87. The molecule has 18 heavy (non-hydrogen) atoms. The average Bonchev–Trinajstić information content (AvgIpc) is 2.36. The maximum absolute atomic E-state index is 8.84. The van der Waals surface area contributed by atoms with Gasteiger partial charge in [-0.05, 0) is 19.4 Å². The number of rotatable bonds is 11. The maximum Gasteiger partial charge on any atom is 0.0599 e. The molecule has 0 aromatic heterocycles. The van der Waals surface area contributed by atoms with Crippen LogP contribution in [-0.2, 0) is 0 Å². The number of hydrogen-bond donors (Lipinski definition) is 2. The van der Waals surface area contributed by atoms with Crippen LogP contribution in [-0.4, -0.2) is 78.0 Å². The normalized spacial score (nSPS) is 10.4. The zero-order chi connectivity index (χ0) is 12.9. The van der Waals surface area contributed by atoms with E-state index in [0.29, 0.717) is 6.54 Å². The fourth-order valence-corrected chi connectivity index (χ4v) is 1.68. The second-order valence-electron chi connectivity index (χ2n) is 4.07. The van der Waals surface area contributed by atoms with Gasteiger partial charge in [-0.1, -0.05) is 12.8 Å². The molecule has 0 amide bonds. The molecule has 0 fully saturated rings. The van der Waals surface area contributed by atoms with E-state index in [0.717, 1.165) is 45.6 Å². The molecule has 0 aromatic carbocycles. The van der Waals surface area contributed by atoms with Crippen molar-refractivity contribution in [2.75, 3.05) is 52.5 Å². The van der Waals surface area contributed by atoms with Crippen LogP contribution in [0.1, 0.15) is 19.8 Å². The lowest BCUT2D eigenvalue weighted by Crippen LogP contribution is -2.36. The van der Waals surface area contributed by atoms with Crippen LogP contribution in [0.5, 0.6) is 0 Å². The fourth-order valence-electron chi connectivity index (χ4n) is 1.68. The minimum absolute atomic E-state index is 0. The van der Waals surface area contributed by atoms with Crippen LogP contribution >= 0.6 is 0 Å². The average molecular weight is 260 g/mol. The minimum atomic E-state index is 0. The predicted molar refractivity (Wildman–Crippen MR) is 74.4 cm³/mol. The molecule has 0 aliphatic carbocycles. The van der Waals surface area contributed by atoms with Crippen molar-refractivity contribution in [3.8, 4) is 12.3 Å². The fraction of sp³-hybridized carbons (Fsp3) is 0.846. The van der Waals surface area contributed by atoms with Crippen molar-refractivity contribution in [1.29, 1.82) is 0 Å². The standard InChI is InChI=1S/C13H26N2O2.H2O/c1-3-7-14(4-2)10-11-15(8-5-12-16)9-6-13-17;/h1,16-17H,4-13H2,2H3;1H2. The van der Waals surface area contributed by atoms with E-state index in [9.17, 15) is 0 Å². The van der Waals surface area contributed by atoms with E-state index in [-0.39, 0.29) is 18.7 Å². The van der Waals surface area contributed by atoms with Gasteiger partial charge in [-0.3, -0.25) is 4.90 Å². The van der Waals surface area contributed by atoms with E-state index in [1.54, 1.807) is 0 Å². The zero-order valence-electron chi connectivity index (χ0n) is 11.4. The molecule has 0 saturated heterocycles. The highest BCUT2D eigenvalue weighted by atomic mass is 16.3. The molecule has 0 aliphatic heterocycles. The van der Waals surface area contributed by atoms with Gasteiger partial charge in [0.05, 0.1) is 6.54 Å². The Balaban J connectivity index is 0. The zero-order valence-corrected chi connectivity index (χ0v) is 11.4. The van der Waals surface area contributed by atoms with Crippen LogP contribution < -0.4 is 0 Å². The van der Waals surface area contributed by atoms with Gasteiger partial charge in [0.2, 0.25) is 0 Å². The molecule has 0 unspecified atom stereocenters. The number of nitrogens with zero attached hydrogens (tertiary/aromatic N) is 2. The largest absolute Gasteiger partial charge is 0.412 e. The molecular formula is C13H28N2O3. The summed E-state index contributed by atoms with van der Waals surface area (Å²) in [5, 5.41) is 17.7. The van der Waals surface area contributed by atoms with Crippen molar-refractivity contribution in [2.24, 2.45) is 0 Å². The van der Waals surface area contributed by atoms with Gasteiger partial charge < -0.3 is 20.6 Å². The first-order valence-corrected chi connectivity index (χ1v) is 6.38. The van der Waals surface area contributed by atoms with Gasteiger partial charge >= 0.3 is 0 Å². The lowest BCUT2D eigenvalue weighted by Gasteiger charge is -2.25. The summed E-state index contributed by atoms with van der Waals surface area (Å²) in [6.45, 7) is 7.82. The highest BCUT2D eigenvalue weighted by Gasteiger charge is 2.06.